The first-order valence-electron chi connectivity index (χ1n) is 10.2. The highest BCUT2D eigenvalue weighted by atomic mass is 32.2. The molecule has 0 amide bonds. The predicted octanol–water partition coefficient (Wildman–Crippen LogP) is 3.91. The first kappa shape index (κ1) is 22.2. The normalized spacial score (nSPS) is 15.4. The molecule has 1 aliphatic rings. The molecular formula is C23H27NO5S. The molecule has 1 saturated heterocycles. The smallest absolute Gasteiger partial charge is 0.338 e. The Labute approximate surface area is 177 Å². The summed E-state index contributed by atoms with van der Waals surface area (Å²) in [7, 11) is -3.57. The van der Waals surface area contributed by atoms with Gasteiger partial charge in [0, 0.05) is 18.7 Å². The summed E-state index contributed by atoms with van der Waals surface area (Å²) in [5, 5.41) is 0. The van der Waals surface area contributed by atoms with E-state index in [2.05, 4.69) is 0 Å². The molecule has 1 fully saturated rings. The molecule has 1 heterocycles. The summed E-state index contributed by atoms with van der Waals surface area (Å²) in [6.07, 6.45) is 3.80. The van der Waals surface area contributed by atoms with Gasteiger partial charge in [0.2, 0.25) is 15.8 Å². The Morgan fingerprint density at radius 3 is 2.20 bits per heavy atom. The highest BCUT2D eigenvalue weighted by Gasteiger charge is 2.25. The molecule has 2 aromatic rings. The van der Waals surface area contributed by atoms with E-state index in [0.29, 0.717) is 18.7 Å². The zero-order valence-corrected chi connectivity index (χ0v) is 18.2. The van der Waals surface area contributed by atoms with Crippen molar-refractivity contribution in [3.8, 4) is 0 Å². The van der Waals surface area contributed by atoms with E-state index in [-0.39, 0.29) is 22.8 Å². The van der Waals surface area contributed by atoms with Gasteiger partial charge in [-0.2, -0.15) is 4.31 Å². The summed E-state index contributed by atoms with van der Waals surface area (Å²) < 4.78 is 32.3. The van der Waals surface area contributed by atoms with Crippen molar-refractivity contribution in [2.45, 2.75) is 44.4 Å². The number of Topliss-reactive ketones (excluding diaryl/α,β-unsaturated/α-hetero) is 1. The molecule has 0 saturated carbocycles. The number of ketones is 1. The highest BCUT2D eigenvalue weighted by Crippen LogP contribution is 2.21. The van der Waals surface area contributed by atoms with Crippen molar-refractivity contribution in [3.63, 3.8) is 0 Å². The van der Waals surface area contributed by atoms with Gasteiger partial charge in [0.15, 0.2) is 6.61 Å². The zero-order chi connectivity index (χ0) is 21.7. The van der Waals surface area contributed by atoms with E-state index in [0.717, 1.165) is 36.8 Å². The Bertz CT molecular complexity index is 1020. The number of carbonyl (C=O) groups excluding carboxylic acids is 2. The van der Waals surface area contributed by atoms with Crippen LogP contribution in [0.5, 0.6) is 0 Å². The predicted molar refractivity (Wildman–Crippen MR) is 114 cm³/mol. The lowest BCUT2D eigenvalue weighted by Gasteiger charge is -2.20. The number of nitrogens with zero attached hydrogens (tertiary/aromatic N) is 1. The number of esters is 1. The Morgan fingerprint density at radius 1 is 0.933 bits per heavy atom. The number of hydrogen-bond donors (Lipinski definition) is 0. The second-order valence-electron chi connectivity index (χ2n) is 7.66. The van der Waals surface area contributed by atoms with Crippen molar-refractivity contribution in [3.05, 3.63) is 64.7 Å². The number of rotatable bonds is 6. The number of sulfonamides is 1. The lowest BCUT2D eigenvalue weighted by Crippen LogP contribution is -2.31. The van der Waals surface area contributed by atoms with E-state index in [1.807, 2.05) is 26.0 Å². The van der Waals surface area contributed by atoms with E-state index in [4.69, 9.17) is 4.74 Å². The number of benzene rings is 2. The van der Waals surface area contributed by atoms with Crippen molar-refractivity contribution in [1.29, 1.82) is 0 Å². The Hall–Kier alpha value is -2.51. The lowest BCUT2D eigenvalue weighted by molar-refractivity contribution is 0.0474. The van der Waals surface area contributed by atoms with Gasteiger partial charge in [-0.3, -0.25) is 4.79 Å². The van der Waals surface area contributed by atoms with Crippen molar-refractivity contribution < 1.29 is 22.7 Å². The quantitative estimate of drug-likeness (QED) is 0.514. The van der Waals surface area contributed by atoms with E-state index in [9.17, 15) is 18.0 Å². The van der Waals surface area contributed by atoms with Crippen LogP contribution >= 0.6 is 0 Å². The Morgan fingerprint density at radius 2 is 1.57 bits per heavy atom. The van der Waals surface area contributed by atoms with E-state index < -0.39 is 16.0 Å². The van der Waals surface area contributed by atoms with Gasteiger partial charge >= 0.3 is 5.97 Å². The number of carbonyl (C=O) groups is 2. The second kappa shape index (κ2) is 9.53. The maximum absolute atomic E-state index is 12.8. The molecule has 160 valence electrons. The molecule has 0 unspecified atom stereocenters. The van der Waals surface area contributed by atoms with Crippen molar-refractivity contribution in [2.24, 2.45) is 0 Å². The summed E-state index contributed by atoms with van der Waals surface area (Å²) in [6.45, 7) is 4.40. The van der Waals surface area contributed by atoms with Gasteiger partial charge in [-0.1, -0.05) is 30.5 Å². The molecule has 7 heteroatoms. The van der Waals surface area contributed by atoms with Crippen LogP contribution in [0.4, 0.5) is 0 Å². The van der Waals surface area contributed by atoms with Crippen LogP contribution in [-0.2, 0) is 14.8 Å². The molecule has 0 aromatic heterocycles. The third kappa shape index (κ3) is 5.15. The fraction of sp³-hybridized carbons (Fsp3) is 0.391. The molecule has 1 aliphatic heterocycles. The topological polar surface area (TPSA) is 80.8 Å². The molecule has 0 spiro atoms. The Kier molecular flexibility index (Phi) is 7.05. The third-order valence-corrected chi connectivity index (χ3v) is 7.23. The molecule has 0 radical (unpaired) electrons. The largest absolute Gasteiger partial charge is 0.454 e. The zero-order valence-electron chi connectivity index (χ0n) is 17.4. The number of ether oxygens (including phenoxy) is 1. The molecule has 30 heavy (non-hydrogen) atoms. The monoisotopic (exact) mass is 429 g/mol. The minimum absolute atomic E-state index is 0.160. The minimum Gasteiger partial charge on any atom is -0.454 e. The van der Waals surface area contributed by atoms with Gasteiger partial charge in [-0.15, -0.1) is 0 Å². The number of aryl methyl sites for hydroxylation is 2. The maximum atomic E-state index is 12.8. The molecule has 3 rings (SSSR count). The van der Waals surface area contributed by atoms with Gasteiger partial charge in [0.1, 0.15) is 0 Å². The molecule has 0 atom stereocenters. The van der Waals surface area contributed by atoms with Crippen molar-refractivity contribution in [1.82, 2.24) is 4.31 Å². The fourth-order valence-corrected chi connectivity index (χ4v) is 5.04. The average molecular weight is 430 g/mol. The standard InChI is InChI=1S/C23H27NO5S/c1-17-7-8-18(2)21(15-17)22(25)16-29-23(26)19-9-11-20(12-10-19)30(27,28)24-13-5-3-4-6-14-24/h7-12,15H,3-6,13-14,16H2,1-2H3. The van der Waals surface area contributed by atoms with Crippen LogP contribution in [0.3, 0.4) is 0 Å². The summed E-state index contributed by atoms with van der Waals surface area (Å²) in [4.78, 5) is 24.8. The van der Waals surface area contributed by atoms with Gasteiger partial charge in [-0.25, -0.2) is 13.2 Å². The van der Waals surface area contributed by atoms with Crippen LogP contribution in [0, 0.1) is 13.8 Å². The summed E-state index contributed by atoms with van der Waals surface area (Å²) >= 11 is 0. The Balaban J connectivity index is 1.65. The third-order valence-electron chi connectivity index (χ3n) is 5.32. The van der Waals surface area contributed by atoms with Crippen LogP contribution in [0.25, 0.3) is 0 Å². The van der Waals surface area contributed by atoms with Gasteiger partial charge in [0.05, 0.1) is 10.5 Å². The fourth-order valence-electron chi connectivity index (χ4n) is 3.52. The van der Waals surface area contributed by atoms with Crippen molar-refractivity contribution in [2.75, 3.05) is 19.7 Å². The van der Waals surface area contributed by atoms with Crippen LogP contribution in [-0.4, -0.2) is 44.2 Å². The molecule has 0 aliphatic carbocycles. The first-order chi connectivity index (χ1) is 14.3. The first-order valence-corrected chi connectivity index (χ1v) is 11.6. The summed E-state index contributed by atoms with van der Waals surface area (Å²) in [6, 6.07) is 11.2. The van der Waals surface area contributed by atoms with Crippen LogP contribution in [0.2, 0.25) is 0 Å². The van der Waals surface area contributed by atoms with Crippen LogP contribution in [0.15, 0.2) is 47.4 Å². The van der Waals surface area contributed by atoms with Crippen LogP contribution < -0.4 is 0 Å². The number of hydrogen-bond acceptors (Lipinski definition) is 5. The molecule has 6 nitrogen and oxygen atoms in total. The second-order valence-corrected chi connectivity index (χ2v) is 9.60. The summed E-state index contributed by atoms with van der Waals surface area (Å²) in [5.41, 5.74) is 2.52. The minimum atomic E-state index is -3.57. The molecule has 2 aromatic carbocycles. The lowest BCUT2D eigenvalue weighted by atomic mass is 10.0. The molecular weight excluding hydrogens is 402 g/mol. The van der Waals surface area contributed by atoms with E-state index in [1.165, 1.54) is 28.6 Å². The SMILES string of the molecule is Cc1ccc(C)c(C(=O)COC(=O)c2ccc(S(=O)(=O)N3CCCCCC3)cc2)c1. The molecule has 0 bridgehead atoms. The summed E-state index contributed by atoms with van der Waals surface area (Å²) in [5.74, 6) is -0.933. The van der Waals surface area contributed by atoms with E-state index in [1.54, 1.807) is 6.07 Å². The molecule has 0 N–H and O–H groups in total. The van der Waals surface area contributed by atoms with E-state index >= 15 is 0 Å². The maximum Gasteiger partial charge on any atom is 0.338 e. The van der Waals surface area contributed by atoms with Gasteiger partial charge < -0.3 is 4.74 Å². The van der Waals surface area contributed by atoms with Gasteiger partial charge in [0.25, 0.3) is 0 Å². The van der Waals surface area contributed by atoms with Crippen LogP contribution in [0.1, 0.15) is 57.5 Å². The van der Waals surface area contributed by atoms with Gasteiger partial charge in [-0.05, 0) is 62.6 Å². The van der Waals surface area contributed by atoms with Crippen molar-refractivity contribution >= 4 is 21.8 Å². The highest BCUT2D eigenvalue weighted by molar-refractivity contribution is 7.89. The average Bonchev–Trinajstić information content (AvgIpc) is 3.04.